The summed E-state index contributed by atoms with van der Waals surface area (Å²) in [6.45, 7) is 27.4. The largest absolute Gasteiger partial charge is 0.415 e. The van der Waals surface area contributed by atoms with E-state index in [1.807, 2.05) is 0 Å². The molecule has 0 spiro atoms. The lowest BCUT2D eigenvalue weighted by Gasteiger charge is -2.41. The van der Waals surface area contributed by atoms with Crippen molar-refractivity contribution in [1.82, 2.24) is 0 Å². The summed E-state index contributed by atoms with van der Waals surface area (Å²) in [7, 11) is -1.47. The Morgan fingerprint density at radius 1 is 0.500 bits per heavy atom. The van der Waals surface area contributed by atoms with E-state index in [-0.39, 0.29) is 33.9 Å². The molecule has 0 aliphatic rings. The molecule has 1 aromatic rings. The van der Waals surface area contributed by atoms with Crippen LogP contribution in [-0.4, -0.2) is 31.7 Å². The molecule has 0 saturated carbocycles. The summed E-state index contributed by atoms with van der Waals surface area (Å²) in [5.74, 6) is 0. The van der Waals surface area contributed by atoms with Crippen LogP contribution in [0.5, 0.6) is 0 Å². The molecule has 28 heavy (non-hydrogen) atoms. The van der Waals surface area contributed by atoms with E-state index >= 15 is 0 Å². The van der Waals surface area contributed by atoms with Gasteiger partial charge in [0.2, 0.25) is 0 Å². The maximum atomic E-state index is 6.50. The summed E-state index contributed by atoms with van der Waals surface area (Å²) >= 11 is 0. The molecule has 2 nitrogen and oxygen atoms in total. The molecule has 4 heteroatoms. The molecule has 0 atom stereocenters. The fraction of sp³-hybridized carbons (Fsp3) is 0.750. The highest BCUT2D eigenvalue weighted by Gasteiger charge is 2.36. The van der Waals surface area contributed by atoms with Gasteiger partial charge in [0, 0.05) is 0 Å². The Hall–Kier alpha value is -0.426. The average molecular weight is 423 g/mol. The molecular formula is C24H46O2Si2. The predicted octanol–water partition coefficient (Wildman–Crippen LogP) is 4.06. The Kier molecular flexibility index (Phi) is 8.37. The van der Waals surface area contributed by atoms with Crippen LogP contribution in [0.4, 0.5) is 0 Å². The van der Waals surface area contributed by atoms with Crippen LogP contribution >= 0.6 is 0 Å². The van der Waals surface area contributed by atoms with Gasteiger partial charge >= 0.3 is 0 Å². The highest BCUT2D eigenvalue weighted by Crippen LogP contribution is 2.36. The molecule has 0 heterocycles. The second-order valence-corrected chi connectivity index (χ2v) is 15.5. The first-order chi connectivity index (χ1) is 12.4. The monoisotopic (exact) mass is 422 g/mol. The zero-order chi connectivity index (χ0) is 22.0. The van der Waals surface area contributed by atoms with Crippen LogP contribution in [-0.2, 0) is 8.85 Å². The minimum Gasteiger partial charge on any atom is -0.415 e. The number of hydrogen-bond acceptors (Lipinski definition) is 2. The Bertz CT molecular complexity index is 513. The molecule has 0 aromatic heterocycles. The molecule has 1 rings (SSSR count). The van der Waals surface area contributed by atoms with Crippen molar-refractivity contribution < 1.29 is 8.85 Å². The Labute approximate surface area is 180 Å². The molecule has 0 radical (unpaired) electrons. The summed E-state index contributed by atoms with van der Waals surface area (Å²) in [6.07, 6.45) is 0.534. The summed E-state index contributed by atoms with van der Waals surface area (Å²) in [5.41, 5.74) is 0.615. The summed E-state index contributed by atoms with van der Waals surface area (Å²) in [6, 6.07) is 9.07. The molecule has 162 valence electrons. The standard InChI is InChI=1S/C24H46O2Si2/c1-21(2,3)19(22(4,5)6)25-27-17-13-15-18(16-14-17)28-26-20(23(7,8)9)24(10,11)12/h13-16,19-20H,27-28H2,1-12H3. The molecule has 0 N–H and O–H groups in total. The van der Waals surface area contributed by atoms with E-state index in [1.165, 1.54) is 10.4 Å². The lowest BCUT2D eigenvalue weighted by Crippen LogP contribution is -2.43. The third-order valence-corrected chi connectivity index (χ3v) is 7.61. The van der Waals surface area contributed by atoms with Crippen LogP contribution < -0.4 is 10.4 Å². The van der Waals surface area contributed by atoms with Gasteiger partial charge in [-0.15, -0.1) is 0 Å². The third-order valence-electron chi connectivity index (χ3n) is 5.00. The topological polar surface area (TPSA) is 18.5 Å². The van der Waals surface area contributed by atoms with Gasteiger partial charge in [0.05, 0.1) is 12.2 Å². The maximum Gasteiger partial charge on any atom is 0.192 e. The van der Waals surface area contributed by atoms with Gasteiger partial charge in [0.25, 0.3) is 0 Å². The van der Waals surface area contributed by atoms with Crippen molar-refractivity contribution in [2.24, 2.45) is 21.7 Å². The van der Waals surface area contributed by atoms with Crippen LogP contribution in [0.15, 0.2) is 24.3 Å². The van der Waals surface area contributed by atoms with Crippen LogP contribution in [0.3, 0.4) is 0 Å². The zero-order valence-corrected chi connectivity index (χ0v) is 23.5. The van der Waals surface area contributed by atoms with Gasteiger partial charge in [0.1, 0.15) is 0 Å². The third kappa shape index (κ3) is 8.13. The molecule has 0 fully saturated rings. The summed E-state index contributed by atoms with van der Waals surface area (Å²) in [4.78, 5) is 0. The first-order valence-electron chi connectivity index (χ1n) is 10.7. The van der Waals surface area contributed by atoms with E-state index in [0.717, 1.165) is 0 Å². The fourth-order valence-electron chi connectivity index (χ4n) is 4.69. The van der Waals surface area contributed by atoms with Crippen molar-refractivity contribution in [3.63, 3.8) is 0 Å². The molecule has 0 bridgehead atoms. The maximum absolute atomic E-state index is 6.50. The van der Waals surface area contributed by atoms with E-state index in [1.54, 1.807) is 0 Å². The first kappa shape index (κ1) is 25.6. The van der Waals surface area contributed by atoms with Gasteiger partial charge < -0.3 is 8.85 Å². The normalized spacial score (nSPS) is 15.1. The number of rotatable bonds is 6. The highest BCUT2D eigenvalue weighted by atomic mass is 28.2. The van der Waals surface area contributed by atoms with Crippen molar-refractivity contribution in [1.29, 1.82) is 0 Å². The molecule has 0 aliphatic carbocycles. The zero-order valence-electron chi connectivity index (χ0n) is 20.7. The first-order valence-corrected chi connectivity index (χ1v) is 13.3. The highest BCUT2D eigenvalue weighted by molar-refractivity contribution is 6.49. The van der Waals surface area contributed by atoms with Gasteiger partial charge in [-0.1, -0.05) is 107 Å². The van der Waals surface area contributed by atoms with Crippen molar-refractivity contribution in [3.8, 4) is 0 Å². The minimum atomic E-state index is -0.734. The quantitative estimate of drug-likeness (QED) is 0.644. The van der Waals surface area contributed by atoms with Crippen LogP contribution in [0.2, 0.25) is 0 Å². The Balaban J connectivity index is 2.74. The van der Waals surface area contributed by atoms with Gasteiger partial charge in [-0.2, -0.15) is 0 Å². The summed E-state index contributed by atoms with van der Waals surface area (Å²) in [5, 5.41) is 2.75. The molecule has 0 amide bonds. The van der Waals surface area contributed by atoms with Crippen LogP contribution in [0.25, 0.3) is 0 Å². The SMILES string of the molecule is CC(C)(C)C(O[SiH2]c1ccc([SiH2]OC(C(C)(C)C)C(C)(C)C)cc1)C(C)(C)C. The molecule has 0 aliphatic heterocycles. The molecule has 0 saturated heterocycles. The Morgan fingerprint density at radius 2 is 0.714 bits per heavy atom. The second-order valence-electron chi connectivity index (χ2n) is 12.7. The fourth-order valence-corrected chi connectivity index (χ4v) is 8.26. The average Bonchev–Trinajstić information content (AvgIpc) is 2.43. The second kappa shape index (κ2) is 9.15. The number of benzene rings is 1. The van der Waals surface area contributed by atoms with Crippen molar-refractivity contribution in [2.45, 2.75) is 95.3 Å². The number of hydrogen-bond donors (Lipinski definition) is 0. The van der Waals surface area contributed by atoms with Crippen LogP contribution in [0, 0.1) is 21.7 Å². The van der Waals surface area contributed by atoms with E-state index in [9.17, 15) is 0 Å². The van der Waals surface area contributed by atoms with E-state index < -0.39 is 19.5 Å². The molecule has 0 unspecified atom stereocenters. The van der Waals surface area contributed by atoms with E-state index in [2.05, 4.69) is 107 Å². The Morgan fingerprint density at radius 3 is 0.893 bits per heavy atom. The van der Waals surface area contributed by atoms with Gasteiger partial charge in [-0.05, 0) is 32.0 Å². The van der Waals surface area contributed by atoms with Gasteiger partial charge in [0.15, 0.2) is 19.5 Å². The van der Waals surface area contributed by atoms with Gasteiger partial charge in [-0.25, -0.2) is 0 Å². The van der Waals surface area contributed by atoms with Gasteiger partial charge in [-0.3, -0.25) is 0 Å². The van der Waals surface area contributed by atoms with Crippen molar-refractivity contribution in [2.75, 3.05) is 0 Å². The molecular weight excluding hydrogens is 376 g/mol. The van der Waals surface area contributed by atoms with E-state index in [4.69, 9.17) is 8.85 Å². The minimum absolute atomic E-state index is 0.154. The van der Waals surface area contributed by atoms with Crippen molar-refractivity contribution >= 4 is 29.9 Å². The lowest BCUT2D eigenvalue weighted by molar-refractivity contribution is 0.00172. The summed E-state index contributed by atoms with van der Waals surface area (Å²) < 4.78 is 13.0. The lowest BCUT2D eigenvalue weighted by atomic mass is 9.74. The van der Waals surface area contributed by atoms with Crippen LogP contribution in [0.1, 0.15) is 83.1 Å². The predicted molar refractivity (Wildman–Crippen MR) is 130 cm³/mol. The van der Waals surface area contributed by atoms with E-state index in [0.29, 0.717) is 0 Å². The smallest absolute Gasteiger partial charge is 0.192 e. The molecule has 1 aromatic carbocycles. The van der Waals surface area contributed by atoms with Crippen molar-refractivity contribution in [3.05, 3.63) is 24.3 Å².